The molecule has 0 radical (unpaired) electrons. The van der Waals surface area contributed by atoms with Gasteiger partial charge in [0.1, 0.15) is 5.82 Å². The van der Waals surface area contributed by atoms with Gasteiger partial charge in [0.15, 0.2) is 5.78 Å². The quantitative estimate of drug-likeness (QED) is 0.749. The summed E-state index contributed by atoms with van der Waals surface area (Å²) in [6.45, 7) is 1.81. The minimum atomic E-state index is -0.361. The van der Waals surface area contributed by atoms with Gasteiger partial charge in [-0.1, -0.05) is 54.9 Å². The van der Waals surface area contributed by atoms with Crippen molar-refractivity contribution in [3.8, 4) is 0 Å². The number of carbonyl (C=O) groups is 1. The lowest BCUT2D eigenvalue weighted by molar-refractivity contribution is 0.0929. The molecule has 0 spiro atoms. The minimum Gasteiger partial charge on any atom is -0.294 e. The highest BCUT2D eigenvalue weighted by Gasteiger charge is 2.17. The van der Waals surface area contributed by atoms with Gasteiger partial charge in [-0.05, 0) is 24.1 Å². The average molecular weight is 277 g/mol. The number of Topliss-reactive ketones (excluding diaryl/α,β-unsaturated/α-hetero) is 1. The Morgan fingerprint density at radius 1 is 1.21 bits per heavy atom. The van der Waals surface area contributed by atoms with Gasteiger partial charge >= 0.3 is 0 Å². The molecule has 0 aliphatic carbocycles. The van der Waals surface area contributed by atoms with E-state index in [4.69, 9.17) is 11.6 Å². The van der Waals surface area contributed by atoms with Crippen LogP contribution in [-0.2, 0) is 6.42 Å². The van der Waals surface area contributed by atoms with E-state index in [9.17, 15) is 9.18 Å². The Hall–Kier alpha value is -1.67. The molecule has 0 fully saturated rings. The minimum absolute atomic E-state index is 0.0231. The van der Waals surface area contributed by atoms with Crippen LogP contribution in [0.15, 0.2) is 48.5 Å². The highest BCUT2D eigenvalue weighted by Crippen LogP contribution is 2.19. The summed E-state index contributed by atoms with van der Waals surface area (Å²) in [5.74, 6) is -0.603. The summed E-state index contributed by atoms with van der Waals surface area (Å²) in [6, 6.07) is 13.6. The van der Waals surface area contributed by atoms with Gasteiger partial charge in [-0.2, -0.15) is 0 Å². The lowest BCUT2D eigenvalue weighted by Gasteiger charge is -2.11. The molecule has 3 heteroatoms. The molecule has 0 saturated carbocycles. The van der Waals surface area contributed by atoms with Gasteiger partial charge in [0.2, 0.25) is 0 Å². The van der Waals surface area contributed by atoms with Gasteiger partial charge in [0, 0.05) is 16.5 Å². The predicted molar refractivity (Wildman–Crippen MR) is 75.1 cm³/mol. The van der Waals surface area contributed by atoms with Gasteiger partial charge in [-0.15, -0.1) is 0 Å². The van der Waals surface area contributed by atoms with Crippen LogP contribution >= 0.6 is 11.6 Å². The first-order chi connectivity index (χ1) is 9.08. The molecule has 2 aromatic rings. The third-order valence-electron chi connectivity index (χ3n) is 3.05. The third-order valence-corrected chi connectivity index (χ3v) is 3.28. The second-order valence-electron chi connectivity index (χ2n) is 4.57. The van der Waals surface area contributed by atoms with Crippen molar-refractivity contribution in [1.29, 1.82) is 0 Å². The molecule has 2 aromatic carbocycles. The van der Waals surface area contributed by atoms with Crippen molar-refractivity contribution in [2.75, 3.05) is 0 Å². The van der Waals surface area contributed by atoms with Crippen LogP contribution in [0.2, 0.25) is 5.02 Å². The molecule has 0 aliphatic rings. The second-order valence-corrected chi connectivity index (χ2v) is 5.01. The zero-order valence-electron chi connectivity index (χ0n) is 10.6. The summed E-state index contributed by atoms with van der Waals surface area (Å²) in [5, 5.41) is 0.364. The van der Waals surface area contributed by atoms with E-state index >= 15 is 0 Å². The molecular weight excluding hydrogens is 263 g/mol. The van der Waals surface area contributed by atoms with Crippen molar-refractivity contribution in [1.82, 2.24) is 0 Å². The zero-order valence-corrected chi connectivity index (χ0v) is 11.3. The fourth-order valence-corrected chi connectivity index (χ4v) is 2.16. The third kappa shape index (κ3) is 3.42. The van der Waals surface area contributed by atoms with Crippen molar-refractivity contribution in [3.05, 3.63) is 70.5 Å². The second kappa shape index (κ2) is 5.98. The van der Waals surface area contributed by atoms with Crippen LogP contribution in [0.1, 0.15) is 22.8 Å². The molecule has 2 rings (SSSR count). The van der Waals surface area contributed by atoms with E-state index in [1.165, 1.54) is 6.07 Å². The van der Waals surface area contributed by atoms with Crippen molar-refractivity contribution >= 4 is 17.4 Å². The summed E-state index contributed by atoms with van der Waals surface area (Å²) in [5.41, 5.74) is 1.17. The Labute approximate surface area is 117 Å². The molecule has 19 heavy (non-hydrogen) atoms. The molecule has 0 saturated heterocycles. The Balaban J connectivity index is 2.13. The number of hydrogen-bond acceptors (Lipinski definition) is 1. The Kier molecular flexibility index (Phi) is 4.33. The molecule has 0 aromatic heterocycles. The van der Waals surface area contributed by atoms with Crippen LogP contribution in [0.3, 0.4) is 0 Å². The number of carbonyl (C=O) groups excluding carboxylic acids is 1. The fourth-order valence-electron chi connectivity index (χ4n) is 2.00. The largest absolute Gasteiger partial charge is 0.294 e. The first kappa shape index (κ1) is 13.8. The van der Waals surface area contributed by atoms with E-state index in [0.717, 1.165) is 0 Å². The van der Waals surface area contributed by atoms with E-state index in [-0.39, 0.29) is 17.5 Å². The topological polar surface area (TPSA) is 17.1 Å². The van der Waals surface area contributed by atoms with Crippen LogP contribution in [0, 0.1) is 11.7 Å². The monoisotopic (exact) mass is 276 g/mol. The van der Waals surface area contributed by atoms with E-state index in [2.05, 4.69) is 0 Å². The Morgan fingerprint density at radius 3 is 2.53 bits per heavy atom. The lowest BCUT2D eigenvalue weighted by atomic mass is 9.93. The molecule has 0 N–H and O–H groups in total. The van der Waals surface area contributed by atoms with Gasteiger partial charge in [-0.25, -0.2) is 4.39 Å². The maximum absolute atomic E-state index is 13.7. The van der Waals surface area contributed by atoms with Crippen LogP contribution in [0.25, 0.3) is 0 Å². The number of hydrogen-bond donors (Lipinski definition) is 0. The van der Waals surface area contributed by atoms with E-state index in [1.807, 2.05) is 25.1 Å². The summed E-state index contributed by atoms with van der Waals surface area (Å²) < 4.78 is 13.7. The molecular formula is C16H14ClFO. The number of benzene rings is 2. The molecule has 0 aliphatic heterocycles. The molecule has 0 bridgehead atoms. The van der Waals surface area contributed by atoms with E-state index in [0.29, 0.717) is 22.6 Å². The van der Waals surface area contributed by atoms with Crippen molar-refractivity contribution in [2.45, 2.75) is 13.3 Å². The fraction of sp³-hybridized carbons (Fsp3) is 0.188. The van der Waals surface area contributed by atoms with Crippen molar-refractivity contribution < 1.29 is 9.18 Å². The average Bonchev–Trinajstić information content (AvgIpc) is 2.42. The summed E-state index contributed by atoms with van der Waals surface area (Å²) >= 11 is 5.70. The first-order valence-corrected chi connectivity index (χ1v) is 6.49. The first-order valence-electron chi connectivity index (χ1n) is 6.11. The van der Waals surface area contributed by atoms with Gasteiger partial charge in [0.25, 0.3) is 0 Å². The van der Waals surface area contributed by atoms with Gasteiger partial charge in [-0.3, -0.25) is 4.79 Å². The molecule has 98 valence electrons. The zero-order chi connectivity index (χ0) is 13.8. The van der Waals surface area contributed by atoms with Crippen molar-refractivity contribution in [2.24, 2.45) is 5.92 Å². The van der Waals surface area contributed by atoms with Crippen LogP contribution in [-0.4, -0.2) is 5.78 Å². The number of halogens is 2. The maximum Gasteiger partial charge on any atom is 0.165 e. The highest BCUT2D eigenvalue weighted by atomic mass is 35.5. The molecule has 1 atom stereocenters. The van der Waals surface area contributed by atoms with E-state index < -0.39 is 0 Å². The normalized spacial score (nSPS) is 12.2. The predicted octanol–water partition coefficient (Wildman–Crippen LogP) is 4.54. The smallest absolute Gasteiger partial charge is 0.165 e. The molecule has 1 nitrogen and oxygen atoms in total. The molecule has 1 unspecified atom stereocenters. The summed E-state index contributed by atoms with van der Waals surface area (Å²) in [6.07, 6.45) is 0.372. The molecule has 0 heterocycles. The molecule has 0 amide bonds. The summed E-state index contributed by atoms with van der Waals surface area (Å²) in [4.78, 5) is 12.2. The lowest BCUT2D eigenvalue weighted by Crippen LogP contribution is -2.14. The number of ketones is 1. The Morgan fingerprint density at radius 2 is 1.89 bits per heavy atom. The summed E-state index contributed by atoms with van der Waals surface area (Å²) in [7, 11) is 0. The van der Waals surface area contributed by atoms with Gasteiger partial charge < -0.3 is 0 Å². The van der Waals surface area contributed by atoms with E-state index in [1.54, 1.807) is 24.3 Å². The highest BCUT2D eigenvalue weighted by molar-refractivity contribution is 6.30. The number of rotatable bonds is 4. The maximum atomic E-state index is 13.7. The SMILES string of the molecule is CC(Cc1ccc(Cl)cc1F)C(=O)c1ccccc1. The van der Waals surface area contributed by atoms with Crippen LogP contribution in [0.5, 0.6) is 0 Å². The van der Waals surface area contributed by atoms with Crippen LogP contribution < -0.4 is 0 Å². The van der Waals surface area contributed by atoms with Crippen LogP contribution in [0.4, 0.5) is 4.39 Å². The standard InChI is InChI=1S/C16H14ClFO/c1-11(16(19)12-5-3-2-4-6-12)9-13-7-8-14(17)10-15(13)18/h2-8,10-11H,9H2,1H3. The van der Waals surface area contributed by atoms with Crippen molar-refractivity contribution in [3.63, 3.8) is 0 Å². The van der Waals surface area contributed by atoms with Gasteiger partial charge in [0.05, 0.1) is 0 Å². The Bertz CT molecular complexity index is 581.